The molecule has 112 valence electrons. The van der Waals surface area contributed by atoms with Gasteiger partial charge in [0, 0.05) is 29.8 Å². The number of nitrogens with one attached hydrogen (secondary N) is 1. The maximum absolute atomic E-state index is 12.4. The summed E-state index contributed by atoms with van der Waals surface area (Å²) in [5, 5.41) is 4.31. The summed E-state index contributed by atoms with van der Waals surface area (Å²) in [6.45, 7) is 2.58. The monoisotopic (exact) mass is 294 g/mol. The van der Waals surface area contributed by atoms with Gasteiger partial charge in [-0.1, -0.05) is 18.2 Å². The molecule has 1 N–H and O–H groups in total. The van der Waals surface area contributed by atoms with Crippen LogP contribution in [0.5, 0.6) is 5.75 Å². The molecule has 0 aliphatic rings. The molecule has 3 rings (SSSR count). The number of benzene rings is 2. The minimum Gasteiger partial charge on any atom is -0.497 e. The van der Waals surface area contributed by atoms with Gasteiger partial charge in [-0.25, -0.2) is 0 Å². The van der Waals surface area contributed by atoms with E-state index in [-0.39, 0.29) is 5.56 Å². The predicted molar refractivity (Wildman–Crippen MR) is 90.2 cm³/mol. The third-order valence-electron chi connectivity index (χ3n) is 3.69. The Balaban J connectivity index is 2.21. The number of aromatic nitrogens is 1. The lowest BCUT2D eigenvalue weighted by atomic mass is 10.1. The lowest BCUT2D eigenvalue weighted by Gasteiger charge is -2.14. The first-order valence-electron chi connectivity index (χ1n) is 7.26. The zero-order valence-electron chi connectivity index (χ0n) is 12.7. The van der Waals surface area contributed by atoms with Crippen LogP contribution in [0.2, 0.25) is 0 Å². The van der Waals surface area contributed by atoms with Gasteiger partial charge in [0.25, 0.3) is 5.56 Å². The Bertz CT molecular complexity index is 854. The second kappa shape index (κ2) is 5.93. The van der Waals surface area contributed by atoms with Crippen molar-refractivity contribution < 1.29 is 4.74 Å². The third kappa shape index (κ3) is 2.55. The average Bonchev–Trinajstić information content (AvgIpc) is 2.55. The van der Waals surface area contributed by atoms with Gasteiger partial charge < -0.3 is 14.6 Å². The van der Waals surface area contributed by atoms with Crippen molar-refractivity contribution in [2.45, 2.75) is 13.5 Å². The molecule has 0 saturated carbocycles. The minimum absolute atomic E-state index is 0.0262. The topological polar surface area (TPSA) is 43.3 Å². The Hall–Kier alpha value is -2.75. The van der Waals surface area contributed by atoms with Crippen LogP contribution in [0.1, 0.15) is 6.92 Å². The summed E-state index contributed by atoms with van der Waals surface area (Å²) in [6, 6.07) is 17.3. The van der Waals surface area contributed by atoms with Gasteiger partial charge in [-0.15, -0.1) is 0 Å². The number of anilines is 2. The SMILES string of the molecule is CCn1c(=O)cc(Nc2ccccc2)c2ccc(OC)cc21. The minimum atomic E-state index is -0.0262. The third-order valence-corrected chi connectivity index (χ3v) is 3.69. The molecule has 0 atom stereocenters. The van der Waals surface area contributed by atoms with E-state index in [9.17, 15) is 4.79 Å². The standard InChI is InChI=1S/C18H18N2O2/c1-3-20-17-11-14(22-2)9-10-15(17)16(12-18(20)21)19-13-7-5-4-6-8-13/h4-12,19H,3H2,1-2H3. The molecule has 0 bridgehead atoms. The highest BCUT2D eigenvalue weighted by atomic mass is 16.5. The Morgan fingerprint density at radius 1 is 1.09 bits per heavy atom. The lowest BCUT2D eigenvalue weighted by molar-refractivity contribution is 0.415. The van der Waals surface area contributed by atoms with Crippen molar-refractivity contribution in [2.75, 3.05) is 12.4 Å². The van der Waals surface area contributed by atoms with Crippen molar-refractivity contribution in [2.24, 2.45) is 0 Å². The normalized spacial score (nSPS) is 10.6. The van der Waals surface area contributed by atoms with E-state index in [1.807, 2.05) is 55.5 Å². The fraction of sp³-hybridized carbons (Fsp3) is 0.167. The highest BCUT2D eigenvalue weighted by Crippen LogP contribution is 2.28. The van der Waals surface area contributed by atoms with Gasteiger partial charge in [0.2, 0.25) is 0 Å². The molecule has 0 aliphatic carbocycles. The van der Waals surface area contributed by atoms with Crippen LogP contribution in [0.25, 0.3) is 10.9 Å². The number of ether oxygens (including phenoxy) is 1. The van der Waals surface area contributed by atoms with E-state index in [0.29, 0.717) is 6.54 Å². The summed E-state index contributed by atoms with van der Waals surface area (Å²) >= 11 is 0. The molecule has 1 heterocycles. The zero-order valence-corrected chi connectivity index (χ0v) is 12.7. The van der Waals surface area contributed by atoms with Gasteiger partial charge in [0.15, 0.2) is 0 Å². The number of fused-ring (bicyclic) bond motifs is 1. The summed E-state index contributed by atoms with van der Waals surface area (Å²) in [6.07, 6.45) is 0. The maximum atomic E-state index is 12.4. The quantitative estimate of drug-likeness (QED) is 0.796. The highest BCUT2D eigenvalue weighted by molar-refractivity contribution is 5.94. The summed E-state index contributed by atoms with van der Waals surface area (Å²) in [4.78, 5) is 12.4. The summed E-state index contributed by atoms with van der Waals surface area (Å²) in [7, 11) is 1.63. The molecule has 0 aliphatic heterocycles. The fourth-order valence-electron chi connectivity index (χ4n) is 2.59. The highest BCUT2D eigenvalue weighted by Gasteiger charge is 2.09. The van der Waals surface area contributed by atoms with E-state index in [1.165, 1.54) is 0 Å². The van der Waals surface area contributed by atoms with E-state index >= 15 is 0 Å². The number of methoxy groups -OCH3 is 1. The number of nitrogens with zero attached hydrogens (tertiary/aromatic N) is 1. The smallest absolute Gasteiger partial charge is 0.253 e. The Morgan fingerprint density at radius 3 is 2.55 bits per heavy atom. The molecule has 0 fully saturated rings. The number of rotatable bonds is 4. The van der Waals surface area contributed by atoms with Crippen LogP contribution >= 0.6 is 0 Å². The van der Waals surface area contributed by atoms with Gasteiger partial charge in [-0.3, -0.25) is 4.79 Å². The van der Waals surface area contributed by atoms with Gasteiger partial charge in [0.1, 0.15) is 5.75 Å². The molecule has 0 unspecified atom stereocenters. The molecule has 2 aromatic carbocycles. The van der Waals surface area contributed by atoms with Gasteiger partial charge in [0.05, 0.1) is 18.3 Å². The number of hydrogen-bond acceptors (Lipinski definition) is 3. The number of hydrogen-bond donors (Lipinski definition) is 1. The van der Waals surface area contributed by atoms with Crippen LogP contribution in [-0.4, -0.2) is 11.7 Å². The van der Waals surface area contributed by atoms with Crippen LogP contribution in [0, 0.1) is 0 Å². The first-order chi connectivity index (χ1) is 10.7. The second-order valence-corrected chi connectivity index (χ2v) is 5.01. The molecule has 0 saturated heterocycles. The molecule has 4 heteroatoms. The molecule has 0 amide bonds. The molecule has 0 spiro atoms. The Kier molecular flexibility index (Phi) is 3.83. The van der Waals surface area contributed by atoms with Gasteiger partial charge in [-0.2, -0.15) is 0 Å². The molecule has 1 aromatic heterocycles. The van der Waals surface area contributed by atoms with Gasteiger partial charge >= 0.3 is 0 Å². The first-order valence-corrected chi connectivity index (χ1v) is 7.26. The molecule has 22 heavy (non-hydrogen) atoms. The van der Waals surface area contributed by atoms with Crippen molar-refractivity contribution in [3.8, 4) is 5.75 Å². The van der Waals surface area contributed by atoms with Crippen molar-refractivity contribution in [1.29, 1.82) is 0 Å². The number of para-hydroxylation sites is 1. The van der Waals surface area contributed by atoms with E-state index in [4.69, 9.17) is 4.74 Å². The van der Waals surface area contributed by atoms with Crippen LogP contribution in [-0.2, 0) is 6.54 Å². The van der Waals surface area contributed by atoms with Crippen molar-refractivity contribution in [1.82, 2.24) is 4.57 Å². The second-order valence-electron chi connectivity index (χ2n) is 5.01. The Labute approximate surface area is 129 Å². The van der Waals surface area contributed by atoms with Crippen molar-refractivity contribution in [3.05, 3.63) is 65.0 Å². The molecule has 4 nitrogen and oxygen atoms in total. The molecule has 3 aromatic rings. The van der Waals surface area contributed by atoms with Crippen LogP contribution in [0.4, 0.5) is 11.4 Å². The van der Waals surface area contributed by atoms with Crippen LogP contribution in [0.3, 0.4) is 0 Å². The van der Waals surface area contributed by atoms with Gasteiger partial charge in [-0.05, 0) is 31.2 Å². The van der Waals surface area contributed by atoms with Crippen molar-refractivity contribution in [3.63, 3.8) is 0 Å². The molecule has 0 radical (unpaired) electrons. The molecular formula is C18H18N2O2. The number of pyridine rings is 1. The van der Waals surface area contributed by atoms with Crippen LogP contribution < -0.4 is 15.6 Å². The zero-order chi connectivity index (χ0) is 15.5. The van der Waals surface area contributed by atoms with E-state index in [2.05, 4.69) is 5.32 Å². The lowest BCUT2D eigenvalue weighted by Crippen LogP contribution is -2.19. The summed E-state index contributed by atoms with van der Waals surface area (Å²) < 4.78 is 7.03. The number of aryl methyl sites for hydroxylation is 1. The Morgan fingerprint density at radius 2 is 1.86 bits per heavy atom. The summed E-state index contributed by atoms with van der Waals surface area (Å²) in [5.41, 5.74) is 2.60. The van der Waals surface area contributed by atoms with Crippen molar-refractivity contribution >= 4 is 22.3 Å². The van der Waals surface area contributed by atoms with Crippen LogP contribution in [0.15, 0.2) is 59.4 Å². The van der Waals surface area contributed by atoms with E-state index in [0.717, 1.165) is 28.0 Å². The van der Waals surface area contributed by atoms with E-state index in [1.54, 1.807) is 17.7 Å². The first kappa shape index (κ1) is 14.2. The fourth-order valence-corrected chi connectivity index (χ4v) is 2.59. The predicted octanol–water partition coefficient (Wildman–Crippen LogP) is 3.77. The summed E-state index contributed by atoms with van der Waals surface area (Å²) in [5.74, 6) is 0.742. The molecular weight excluding hydrogens is 276 g/mol. The average molecular weight is 294 g/mol. The van der Waals surface area contributed by atoms with E-state index < -0.39 is 0 Å². The largest absolute Gasteiger partial charge is 0.497 e. The maximum Gasteiger partial charge on any atom is 0.253 e.